The van der Waals surface area contributed by atoms with Crippen LogP contribution in [0.3, 0.4) is 0 Å². The van der Waals surface area contributed by atoms with Crippen LogP contribution in [-0.4, -0.2) is 30.3 Å². The average molecular weight is 552 g/mol. The Morgan fingerprint density at radius 3 is 2.24 bits per heavy atom. The highest BCUT2D eigenvalue weighted by Gasteiger charge is 2.39. The van der Waals surface area contributed by atoms with Crippen LogP contribution in [-0.2, 0) is 14.3 Å². The van der Waals surface area contributed by atoms with E-state index in [4.69, 9.17) is 27.9 Å². The van der Waals surface area contributed by atoms with E-state index in [2.05, 4.69) is 10.6 Å². The maximum absolute atomic E-state index is 13.0. The first kappa shape index (κ1) is 26.9. The zero-order valence-corrected chi connectivity index (χ0v) is 21.8. The molecule has 0 saturated carbocycles. The molecule has 1 aliphatic heterocycles. The monoisotopic (exact) mass is 551 g/mol. The molecule has 0 saturated heterocycles. The second-order valence-corrected chi connectivity index (χ2v) is 9.16. The number of nitrogens with zero attached hydrogens (tertiary/aromatic N) is 1. The number of halogens is 2. The lowest BCUT2D eigenvalue weighted by molar-refractivity contribution is -0.120. The third-order valence-electron chi connectivity index (χ3n) is 5.59. The lowest BCUT2D eigenvalue weighted by atomic mass is 10.1. The first-order valence-corrected chi connectivity index (χ1v) is 12.5. The van der Waals surface area contributed by atoms with Crippen LogP contribution < -0.4 is 15.5 Å². The number of carbonyl (C=O) groups excluding carboxylic acids is 4. The highest BCUT2D eigenvalue weighted by Crippen LogP contribution is 2.31. The van der Waals surface area contributed by atoms with Gasteiger partial charge >= 0.3 is 5.97 Å². The van der Waals surface area contributed by atoms with Crippen molar-refractivity contribution in [3.63, 3.8) is 0 Å². The molecule has 3 aromatic rings. The second-order valence-electron chi connectivity index (χ2n) is 8.34. The molecule has 0 radical (unpaired) electrons. The Kier molecular flexibility index (Phi) is 8.45. The summed E-state index contributed by atoms with van der Waals surface area (Å²) in [6.45, 7) is 2.33. The smallest absolute Gasteiger partial charge is 0.338 e. The number of rotatable bonds is 9. The molecule has 8 nitrogen and oxygen atoms in total. The van der Waals surface area contributed by atoms with Gasteiger partial charge in [-0.15, -0.1) is 0 Å². The van der Waals surface area contributed by atoms with Crippen LogP contribution in [0.5, 0.6) is 0 Å². The number of anilines is 3. The van der Waals surface area contributed by atoms with E-state index in [1.54, 1.807) is 48.5 Å². The van der Waals surface area contributed by atoms with E-state index in [1.165, 1.54) is 24.3 Å². The van der Waals surface area contributed by atoms with Crippen LogP contribution in [0.1, 0.15) is 40.5 Å². The van der Waals surface area contributed by atoms with Crippen LogP contribution in [0.4, 0.5) is 17.1 Å². The van der Waals surface area contributed by atoms with Gasteiger partial charge in [-0.25, -0.2) is 9.69 Å². The minimum atomic E-state index is -0.677. The van der Waals surface area contributed by atoms with Crippen LogP contribution >= 0.6 is 23.2 Å². The normalized spacial score (nSPS) is 13.1. The minimum Gasteiger partial charge on any atom is -0.462 e. The molecule has 0 bridgehead atoms. The summed E-state index contributed by atoms with van der Waals surface area (Å²) in [7, 11) is 0. The number of esters is 1. The Hall–Kier alpha value is -4.14. The van der Waals surface area contributed by atoms with E-state index in [-0.39, 0.29) is 16.3 Å². The van der Waals surface area contributed by atoms with Crippen molar-refractivity contribution < 1.29 is 23.9 Å². The Labute approximate surface area is 229 Å². The molecule has 10 heteroatoms. The summed E-state index contributed by atoms with van der Waals surface area (Å²) < 4.78 is 5.22. The molecule has 0 fully saturated rings. The summed E-state index contributed by atoms with van der Waals surface area (Å²) in [5, 5.41) is 5.79. The zero-order valence-electron chi connectivity index (χ0n) is 20.3. The van der Waals surface area contributed by atoms with E-state index >= 15 is 0 Å². The number of amides is 3. The molecule has 0 aromatic heterocycles. The first-order valence-electron chi connectivity index (χ1n) is 11.8. The molecule has 194 valence electrons. The lowest BCUT2D eigenvalue weighted by Gasteiger charge is -2.15. The largest absolute Gasteiger partial charge is 0.462 e. The number of hydrogen-bond donors (Lipinski definition) is 2. The average Bonchev–Trinajstić information content (AvgIpc) is 3.12. The summed E-state index contributed by atoms with van der Waals surface area (Å²) in [5.74, 6) is -2.22. The van der Waals surface area contributed by atoms with Gasteiger partial charge in [-0.3, -0.25) is 14.4 Å². The van der Waals surface area contributed by atoms with Crippen LogP contribution in [0.25, 0.3) is 0 Å². The number of nitrogens with one attached hydrogen (secondary N) is 2. The van der Waals surface area contributed by atoms with Crippen molar-refractivity contribution in [3.05, 3.63) is 99.7 Å². The molecule has 0 atom stereocenters. The summed E-state index contributed by atoms with van der Waals surface area (Å²) >= 11 is 12.1. The van der Waals surface area contributed by atoms with Gasteiger partial charge in [0.2, 0.25) is 0 Å². The molecule has 0 unspecified atom stereocenters. The van der Waals surface area contributed by atoms with E-state index in [0.717, 1.165) is 17.7 Å². The number of benzene rings is 3. The van der Waals surface area contributed by atoms with E-state index < -0.39 is 23.7 Å². The molecule has 1 aliphatic rings. The van der Waals surface area contributed by atoms with Gasteiger partial charge in [0.15, 0.2) is 0 Å². The molecule has 1 heterocycles. The fourth-order valence-corrected chi connectivity index (χ4v) is 3.98. The minimum absolute atomic E-state index is 0.113. The van der Waals surface area contributed by atoms with Crippen LogP contribution in [0.15, 0.2) is 83.5 Å². The van der Waals surface area contributed by atoms with Gasteiger partial charge in [0.05, 0.1) is 17.9 Å². The SMILES string of the molecule is CCCCOC(=O)c1cccc(NC(=O)c2cccc(NC3=C(Cl)C(=O)N(c4ccc(Cl)cc4)C3=O)c2)c1. The van der Waals surface area contributed by atoms with Crippen molar-refractivity contribution in [2.75, 3.05) is 22.1 Å². The molecular weight excluding hydrogens is 529 g/mol. The number of ether oxygens (including phenoxy) is 1. The zero-order chi connectivity index (χ0) is 27.2. The highest BCUT2D eigenvalue weighted by molar-refractivity contribution is 6.53. The van der Waals surface area contributed by atoms with Crippen molar-refractivity contribution in [2.24, 2.45) is 0 Å². The second kappa shape index (κ2) is 11.9. The molecule has 2 N–H and O–H groups in total. The van der Waals surface area contributed by atoms with Gasteiger partial charge in [0, 0.05) is 22.0 Å². The Morgan fingerprint density at radius 1 is 0.868 bits per heavy atom. The third-order valence-corrected chi connectivity index (χ3v) is 6.20. The van der Waals surface area contributed by atoms with Gasteiger partial charge < -0.3 is 15.4 Å². The van der Waals surface area contributed by atoms with E-state index in [9.17, 15) is 19.2 Å². The van der Waals surface area contributed by atoms with E-state index in [1.807, 2.05) is 6.92 Å². The quantitative estimate of drug-likeness (QED) is 0.192. The Morgan fingerprint density at radius 2 is 1.53 bits per heavy atom. The van der Waals surface area contributed by atoms with E-state index in [0.29, 0.717) is 34.3 Å². The van der Waals surface area contributed by atoms with Crippen LogP contribution in [0.2, 0.25) is 5.02 Å². The number of imide groups is 1. The van der Waals surface area contributed by atoms with Crippen molar-refractivity contribution in [3.8, 4) is 0 Å². The van der Waals surface area contributed by atoms with Gasteiger partial charge in [0.1, 0.15) is 10.7 Å². The van der Waals surface area contributed by atoms with Gasteiger partial charge in [-0.05, 0) is 67.1 Å². The maximum atomic E-state index is 13.0. The van der Waals surface area contributed by atoms with Crippen molar-refractivity contribution in [1.29, 1.82) is 0 Å². The van der Waals surface area contributed by atoms with Gasteiger partial charge in [-0.1, -0.05) is 48.7 Å². The topological polar surface area (TPSA) is 105 Å². The molecule has 0 spiro atoms. The molecule has 3 aromatic carbocycles. The fraction of sp³-hybridized carbons (Fsp3) is 0.143. The summed E-state index contributed by atoms with van der Waals surface area (Å²) in [4.78, 5) is 51.7. The highest BCUT2D eigenvalue weighted by atomic mass is 35.5. The predicted molar refractivity (Wildman–Crippen MR) is 146 cm³/mol. The van der Waals surface area contributed by atoms with Crippen molar-refractivity contribution in [1.82, 2.24) is 0 Å². The number of carbonyl (C=O) groups is 4. The first-order chi connectivity index (χ1) is 18.3. The molecule has 38 heavy (non-hydrogen) atoms. The standard InChI is InChI=1S/C28H23Cl2N3O5/c1-2-3-14-38-28(37)18-7-5-9-21(16-18)32-25(34)17-6-4-8-20(15-17)31-24-23(30)26(35)33(27(24)36)22-12-10-19(29)11-13-22/h4-13,15-16,31H,2-3,14H2,1H3,(H,32,34). The molecular formula is C28H23Cl2N3O5. The third kappa shape index (κ3) is 6.04. The number of hydrogen-bond acceptors (Lipinski definition) is 6. The van der Waals surface area contributed by atoms with Crippen molar-refractivity contribution in [2.45, 2.75) is 19.8 Å². The summed E-state index contributed by atoms with van der Waals surface area (Å²) in [6, 6.07) is 19.0. The summed E-state index contributed by atoms with van der Waals surface area (Å²) in [5.41, 5.74) is 1.60. The van der Waals surface area contributed by atoms with Gasteiger partial charge in [0.25, 0.3) is 17.7 Å². The van der Waals surface area contributed by atoms with Crippen molar-refractivity contribution >= 4 is 64.0 Å². The lowest BCUT2D eigenvalue weighted by Crippen LogP contribution is -2.32. The summed E-state index contributed by atoms with van der Waals surface area (Å²) in [6.07, 6.45) is 1.68. The molecule has 0 aliphatic carbocycles. The predicted octanol–water partition coefficient (Wildman–Crippen LogP) is 5.98. The number of unbranched alkanes of at least 4 members (excludes halogenated alkanes) is 1. The van der Waals surface area contributed by atoms with Gasteiger partial charge in [-0.2, -0.15) is 0 Å². The molecule has 3 amide bonds. The maximum Gasteiger partial charge on any atom is 0.338 e. The van der Waals surface area contributed by atoms with Crippen LogP contribution in [0, 0.1) is 0 Å². The Bertz CT molecular complexity index is 1440. The molecule has 4 rings (SSSR count). The fourth-order valence-electron chi connectivity index (χ4n) is 3.64. The Balaban J connectivity index is 1.46.